The zero-order chi connectivity index (χ0) is 18.7. The molecule has 1 aliphatic rings. The van der Waals surface area contributed by atoms with Crippen LogP contribution in [0.2, 0.25) is 5.02 Å². The maximum atomic E-state index is 11.5. The van der Waals surface area contributed by atoms with E-state index in [1.807, 2.05) is 0 Å². The Bertz CT molecular complexity index is 841. The Hall–Kier alpha value is -2.83. The van der Waals surface area contributed by atoms with E-state index in [2.05, 4.69) is 4.74 Å². The van der Waals surface area contributed by atoms with Gasteiger partial charge in [0.15, 0.2) is 11.9 Å². The number of aliphatic hydroxyl groups is 1. The average Bonchev–Trinajstić information content (AvgIpc) is 3.02. The molecule has 0 spiro atoms. The van der Waals surface area contributed by atoms with Gasteiger partial charge >= 0.3 is 12.1 Å². The molecule has 6 nitrogen and oxygen atoms in total. The van der Waals surface area contributed by atoms with Gasteiger partial charge in [-0.3, -0.25) is 0 Å². The summed E-state index contributed by atoms with van der Waals surface area (Å²) >= 11 is 5.84. The van der Waals surface area contributed by atoms with Crippen LogP contribution in [0.1, 0.15) is 27.6 Å². The Labute approximate surface area is 154 Å². The van der Waals surface area contributed by atoms with Crippen LogP contribution in [0.15, 0.2) is 54.3 Å². The van der Waals surface area contributed by atoms with Crippen molar-refractivity contribution in [2.24, 2.45) is 0 Å². The standard InChI is InChI=1S/C19H15ClO6/c1-24-18(22)13-4-2-11(3-5-13)10-15-17(26-19(23)25-15)16(21)12-6-8-14(20)9-7-12/h2-10,16-17,21H,1H3/b15-10-/t16-,17+/m1/s1. The molecule has 7 heteroatoms. The van der Waals surface area contributed by atoms with Crippen molar-refractivity contribution in [3.05, 3.63) is 76.0 Å². The number of methoxy groups -OCH3 is 1. The highest BCUT2D eigenvalue weighted by Gasteiger charge is 2.37. The summed E-state index contributed by atoms with van der Waals surface area (Å²) in [6.45, 7) is 0. The molecule has 1 aliphatic heterocycles. The summed E-state index contributed by atoms with van der Waals surface area (Å²) in [6.07, 6.45) is -1.42. The first-order valence-electron chi connectivity index (χ1n) is 7.70. The molecule has 1 fully saturated rings. The molecular formula is C19H15ClO6. The number of carbonyl (C=O) groups excluding carboxylic acids is 2. The number of carbonyl (C=O) groups is 2. The van der Waals surface area contributed by atoms with Crippen LogP contribution in [0.25, 0.3) is 6.08 Å². The van der Waals surface area contributed by atoms with Gasteiger partial charge in [-0.05, 0) is 41.5 Å². The van der Waals surface area contributed by atoms with Crippen molar-refractivity contribution in [2.45, 2.75) is 12.2 Å². The van der Waals surface area contributed by atoms with Crippen LogP contribution in [0, 0.1) is 0 Å². The van der Waals surface area contributed by atoms with Gasteiger partial charge in [-0.1, -0.05) is 35.9 Å². The summed E-state index contributed by atoms with van der Waals surface area (Å²) in [4.78, 5) is 23.0. The monoisotopic (exact) mass is 374 g/mol. The number of ether oxygens (including phenoxy) is 3. The first kappa shape index (κ1) is 18.0. The minimum atomic E-state index is -1.11. The Morgan fingerprint density at radius 3 is 2.46 bits per heavy atom. The number of aliphatic hydroxyl groups excluding tert-OH is 1. The molecule has 134 valence electrons. The van der Waals surface area contributed by atoms with Gasteiger partial charge in [0.25, 0.3) is 0 Å². The Balaban J connectivity index is 1.84. The normalized spacial score (nSPS) is 19.0. The van der Waals surface area contributed by atoms with E-state index in [0.717, 1.165) is 0 Å². The molecule has 1 N–H and O–H groups in total. The number of esters is 1. The third-order valence-corrected chi connectivity index (χ3v) is 4.10. The molecule has 2 aromatic carbocycles. The molecule has 0 aromatic heterocycles. The fourth-order valence-electron chi connectivity index (χ4n) is 2.50. The lowest BCUT2D eigenvalue weighted by molar-refractivity contribution is 0.0403. The molecule has 0 unspecified atom stereocenters. The molecular weight excluding hydrogens is 360 g/mol. The maximum Gasteiger partial charge on any atom is 0.514 e. The van der Waals surface area contributed by atoms with Crippen molar-refractivity contribution in [1.82, 2.24) is 0 Å². The van der Waals surface area contributed by atoms with E-state index in [0.29, 0.717) is 21.7 Å². The van der Waals surface area contributed by atoms with Crippen molar-refractivity contribution < 1.29 is 28.9 Å². The zero-order valence-corrected chi connectivity index (χ0v) is 14.5. The van der Waals surface area contributed by atoms with Gasteiger partial charge in [0.2, 0.25) is 0 Å². The molecule has 0 radical (unpaired) electrons. The van der Waals surface area contributed by atoms with E-state index < -0.39 is 24.3 Å². The van der Waals surface area contributed by atoms with Crippen LogP contribution < -0.4 is 0 Å². The number of cyclic esters (lactones) is 2. The summed E-state index contributed by atoms with van der Waals surface area (Å²) in [6, 6.07) is 13.0. The molecule has 0 bridgehead atoms. The van der Waals surface area contributed by atoms with Gasteiger partial charge < -0.3 is 19.3 Å². The summed E-state index contributed by atoms with van der Waals surface area (Å²) in [7, 11) is 1.30. The third kappa shape index (κ3) is 3.87. The number of hydrogen-bond donors (Lipinski definition) is 1. The molecule has 26 heavy (non-hydrogen) atoms. The summed E-state index contributed by atoms with van der Waals surface area (Å²) < 4.78 is 14.8. The molecule has 0 amide bonds. The van der Waals surface area contributed by atoms with Crippen LogP contribution in [-0.4, -0.2) is 30.4 Å². The highest BCUT2D eigenvalue weighted by Crippen LogP contribution is 2.32. The summed E-state index contributed by atoms with van der Waals surface area (Å²) in [5.41, 5.74) is 1.59. The van der Waals surface area contributed by atoms with Crippen molar-refractivity contribution in [1.29, 1.82) is 0 Å². The molecule has 2 aromatic rings. The topological polar surface area (TPSA) is 82.1 Å². The number of benzene rings is 2. The molecule has 3 rings (SSSR count). The average molecular weight is 375 g/mol. The van der Waals surface area contributed by atoms with Crippen LogP contribution in [0.4, 0.5) is 4.79 Å². The van der Waals surface area contributed by atoms with E-state index in [9.17, 15) is 14.7 Å². The highest BCUT2D eigenvalue weighted by atomic mass is 35.5. The van der Waals surface area contributed by atoms with Crippen LogP contribution >= 0.6 is 11.6 Å². The second kappa shape index (κ2) is 7.59. The fourth-order valence-corrected chi connectivity index (χ4v) is 2.63. The minimum Gasteiger partial charge on any atom is -0.465 e. The van der Waals surface area contributed by atoms with E-state index in [1.165, 1.54) is 7.11 Å². The lowest BCUT2D eigenvalue weighted by Crippen LogP contribution is -2.19. The van der Waals surface area contributed by atoms with Crippen LogP contribution in [-0.2, 0) is 14.2 Å². The quantitative estimate of drug-likeness (QED) is 0.821. The van der Waals surface area contributed by atoms with E-state index in [1.54, 1.807) is 54.6 Å². The van der Waals surface area contributed by atoms with Crippen LogP contribution in [0.3, 0.4) is 0 Å². The van der Waals surface area contributed by atoms with E-state index >= 15 is 0 Å². The predicted octanol–water partition coefficient (Wildman–Crippen LogP) is 3.74. The van der Waals surface area contributed by atoms with Crippen molar-refractivity contribution >= 4 is 29.8 Å². The Kier molecular flexibility index (Phi) is 5.25. The molecule has 1 heterocycles. The van der Waals surface area contributed by atoms with Gasteiger partial charge in [-0.2, -0.15) is 0 Å². The first-order valence-corrected chi connectivity index (χ1v) is 8.07. The lowest BCUT2D eigenvalue weighted by Gasteiger charge is -2.16. The van der Waals surface area contributed by atoms with Gasteiger partial charge in [0, 0.05) is 5.02 Å². The summed E-state index contributed by atoms with van der Waals surface area (Å²) in [5.74, 6) is -0.279. The lowest BCUT2D eigenvalue weighted by atomic mass is 10.0. The Morgan fingerprint density at radius 1 is 1.19 bits per heavy atom. The molecule has 1 saturated heterocycles. The van der Waals surface area contributed by atoms with Crippen LogP contribution in [0.5, 0.6) is 0 Å². The van der Waals surface area contributed by atoms with Crippen molar-refractivity contribution in [2.75, 3.05) is 7.11 Å². The maximum absolute atomic E-state index is 11.5. The second-order valence-electron chi connectivity index (χ2n) is 5.55. The molecule has 0 aliphatic carbocycles. The largest absolute Gasteiger partial charge is 0.514 e. The summed E-state index contributed by atoms with van der Waals surface area (Å²) in [5, 5.41) is 11.1. The van der Waals surface area contributed by atoms with E-state index in [-0.39, 0.29) is 5.76 Å². The zero-order valence-electron chi connectivity index (χ0n) is 13.7. The smallest absolute Gasteiger partial charge is 0.465 e. The predicted molar refractivity (Wildman–Crippen MR) is 93.5 cm³/mol. The molecule has 2 atom stereocenters. The SMILES string of the molecule is COC(=O)c1ccc(/C=C2\OC(=O)O[C@@H]2[C@H](O)c2ccc(Cl)cc2)cc1. The van der Waals surface area contributed by atoms with Gasteiger partial charge in [-0.15, -0.1) is 0 Å². The van der Waals surface area contributed by atoms with Crippen molar-refractivity contribution in [3.8, 4) is 0 Å². The van der Waals surface area contributed by atoms with Gasteiger partial charge in [-0.25, -0.2) is 9.59 Å². The van der Waals surface area contributed by atoms with Gasteiger partial charge in [0.1, 0.15) is 6.10 Å². The highest BCUT2D eigenvalue weighted by molar-refractivity contribution is 6.30. The third-order valence-electron chi connectivity index (χ3n) is 3.84. The molecule has 0 saturated carbocycles. The number of halogens is 1. The minimum absolute atomic E-state index is 0.170. The first-order chi connectivity index (χ1) is 12.5. The Morgan fingerprint density at radius 2 is 1.85 bits per heavy atom. The number of rotatable bonds is 4. The van der Waals surface area contributed by atoms with Gasteiger partial charge in [0.05, 0.1) is 12.7 Å². The number of hydrogen-bond acceptors (Lipinski definition) is 6. The van der Waals surface area contributed by atoms with Crippen molar-refractivity contribution in [3.63, 3.8) is 0 Å². The second-order valence-corrected chi connectivity index (χ2v) is 5.98. The van der Waals surface area contributed by atoms with E-state index in [4.69, 9.17) is 21.1 Å². The fraction of sp³-hybridized carbons (Fsp3) is 0.158.